The number of urea groups is 1. The van der Waals surface area contributed by atoms with Crippen LogP contribution < -0.4 is 16.0 Å². The molecule has 3 atom stereocenters. The van der Waals surface area contributed by atoms with Crippen molar-refractivity contribution in [2.24, 2.45) is 5.41 Å². The van der Waals surface area contributed by atoms with Crippen LogP contribution in [0.5, 0.6) is 0 Å². The summed E-state index contributed by atoms with van der Waals surface area (Å²) in [6.45, 7) is 8.84. The van der Waals surface area contributed by atoms with Crippen LogP contribution in [0.1, 0.15) is 46.5 Å². The predicted molar refractivity (Wildman–Crippen MR) is 97.2 cm³/mol. The molecule has 0 saturated carbocycles. The number of fused-ring (bicyclic) bond motifs is 1. The molecule has 2 rings (SSSR count). The van der Waals surface area contributed by atoms with Crippen molar-refractivity contribution in [1.82, 2.24) is 16.0 Å². The third-order valence-electron chi connectivity index (χ3n) is 4.33. The number of carbonyl (C=O) groups excluding carboxylic acids is 2. The van der Waals surface area contributed by atoms with E-state index in [0.29, 0.717) is 25.0 Å². The van der Waals surface area contributed by atoms with E-state index in [1.807, 2.05) is 0 Å². The lowest BCUT2D eigenvalue weighted by molar-refractivity contribution is -0.121. The van der Waals surface area contributed by atoms with Gasteiger partial charge in [0.25, 0.3) is 0 Å². The fraction of sp³-hybridized carbons (Fsp3) is 0.882. The fourth-order valence-corrected chi connectivity index (χ4v) is 4.51. The summed E-state index contributed by atoms with van der Waals surface area (Å²) in [6.07, 6.45) is 3.54. The molecule has 24 heavy (non-hydrogen) atoms. The minimum absolute atomic E-state index is 0.0574. The highest BCUT2D eigenvalue weighted by Crippen LogP contribution is 2.31. The molecule has 0 bridgehead atoms. The lowest BCUT2D eigenvalue weighted by Gasteiger charge is -2.17. The van der Waals surface area contributed by atoms with Crippen molar-refractivity contribution in [3.63, 3.8) is 0 Å². The van der Waals surface area contributed by atoms with Crippen molar-refractivity contribution in [3.05, 3.63) is 0 Å². The number of hydrogen-bond acceptors (Lipinski definition) is 4. The number of carbonyl (C=O) groups is 2. The predicted octanol–water partition coefficient (Wildman–Crippen LogP) is 1.89. The maximum atomic E-state index is 12.0. The molecule has 2 heterocycles. The molecule has 0 unspecified atom stereocenters. The van der Waals surface area contributed by atoms with Crippen molar-refractivity contribution in [2.75, 3.05) is 25.5 Å². The Bertz CT molecular complexity index is 439. The van der Waals surface area contributed by atoms with Crippen LogP contribution >= 0.6 is 11.8 Å². The average molecular weight is 358 g/mol. The third kappa shape index (κ3) is 6.51. The zero-order valence-corrected chi connectivity index (χ0v) is 15.8. The summed E-state index contributed by atoms with van der Waals surface area (Å²) in [5, 5.41) is 8.91. The number of amides is 3. The monoisotopic (exact) mass is 357 g/mol. The number of hydrogen-bond donors (Lipinski definition) is 3. The molecule has 0 aromatic carbocycles. The molecule has 0 radical (unpaired) electrons. The zero-order chi connectivity index (χ0) is 17.6. The SMILES string of the molecule is CC(C)(C)CCCOCCCNC(=O)C[C@H]1SC[C@H]2NC(=O)N[C@H]21. The Balaban J connectivity index is 1.48. The van der Waals surface area contributed by atoms with Gasteiger partial charge in [-0.15, -0.1) is 0 Å². The van der Waals surface area contributed by atoms with Gasteiger partial charge in [0.1, 0.15) is 0 Å². The number of thioether (sulfide) groups is 1. The highest BCUT2D eigenvalue weighted by Gasteiger charge is 2.43. The lowest BCUT2D eigenvalue weighted by Crippen LogP contribution is -2.39. The summed E-state index contributed by atoms with van der Waals surface area (Å²) in [6, 6.07) is 0.139. The fourth-order valence-electron chi connectivity index (χ4n) is 3.03. The smallest absolute Gasteiger partial charge is 0.315 e. The van der Waals surface area contributed by atoms with Crippen LogP contribution in [-0.4, -0.2) is 54.8 Å². The molecule has 0 aromatic heterocycles. The Morgan fingerprint density at radius 3 is 2.79 bits per heavy atom. The summed E-state index contributed by atoms with van der Waals surface area (Å²) < 4.78 is 5.60. The third-order valence-corrected chi connectivity index (χ3v) is 5.77. The number of ether oxygens (including phenoxy) is 1. The molecule has 3 amide bonds. The van der Waals surface area contributed by atoms with Gasteiger partial charge in [-0.3, -0.25) is 4.79 Å². The van der Waals surface area contributed by atoms with Gasteiger partial charge >= 0.3 is 6.03 Å². The second kappa shape index (κ2) is 8.94. The molecule has 2 aliphatic rings. The second-order valence-electron chi connectivity index (χ2n) is 7.81. The van der Waals surface area contributed by atoms with E-state index in [-0.39, 0.29) is 29.3 Å². The Morgan fingerprint density at radius 2 is 2.04 bits per heavy atom. The lowest BCUT2D eigenvalue weighted by atomic mass is 9.91. The van der Waals surface area contributed by atoms with Crippen molar-refractivity contribution in [1.29, 1.82) is 0 Å². The van der Waals surface area contributed by atoms with Gasteiger partial charge in [-0.1, -0.05) is 20.8 Å². The van der Waals surface area contributed by atoms with E-state index in [1.54, 1.807) is 11.8 Å². The van der Waals surface area contributed by atoms with Crippen LogP contribution in [-0.2, 0) is 9.53 Å². The molecule has 2 saturated heterocycles. The van der Waals surface area contributed by atoms with Crippen LogP contribution in [0.15, 0.2) is 0 Å². The number of rotatable bonds is 9. The van der Waals surface area contributed by atoms with E-state index in [9.17, 15) is 9.59 Å². The molecule has 7 heteroatoms. The van der Waals surface area contributed by atoms with Crippen molar-refractivity contribution in [2.45, 2.75) is 63.8 Å². The van der Waals surface area contributed by atoms with Crippen molar-refractivity contribution in [3.8, 4) is 0 Å². The van der Waals surface area contributed by atoms with E-state index >= 15 is 0 Å². The van der Waals surface area contributed by atoms with E-state index in [1.165, 1.54) is 0 Å². The average Bonchev–Trinajstić information content (AvgIpc) is 3.01. The highest BCUT2D eigenvalue weighted by molar-refractivity contribution is 8.00. The molecular weight excluding hydrogens is 326 g/mol. The molecule has 2 fully saturated rings. The Morgan fingerprint density at radius 1 is 1.29 bits per heavy atom. The summed E-state index contributed by atoms with van der Waals surface area (Å²) in [4.78, 5) is 23.3. The van der Waals surface area contributed by atoms with E-state index in [2.05, 4.69) is 36.7 Å². The van der Waals surface area contributed by atoms with Crippen LogP contribution in [0.25, 0.3) is 0 Å². The van der Waals surface area contributed by atoms with E-state index in [0.717, 1.165) is 31.6 Å². The Kier molecular flexibility index (Phi) is 7.22. The van der Waals surface area contributed by atoms with E-state index < -0.39 is 0 Å². The first-order valence-corrected chi connectivity index (χ1v) is 9.93. The first-order valence-electron chi connectivity index (χ1n) is 8.88. The maximum absolute atomic E-state index is 12.0. The Hall–Kier alpha value is -0.950. The highest BCUT2D eigenvalue weighted by atomic mass is 32.2. The van der Waals surface area contributed by atoms with Gasteiger partial charge in [-0.25, -0.2) is 4.79 Å². The molecule has 2 aliphatic heterocycles. The normalized spacial score (nSPS) is 26.0. The summed E-state index contributed by atoms with van der Waals surface area (Å²) >= 11 is 1.76. The van der Waals surface area contributed by atoms with Crippen LogP contribution in [0, 0.1) is 5.41 Å². The van der Waals surface area contributed by atoms with Gasteiger partial charge in [0.2, 0.25) is 5.91 Å². The van der Waals surface area contributed by atoms with Gasteiger partial charge in [0, 0.05) is 37.2 Å². The molecule has 0 aliphatic carbocycles. The van der Waals surface area contributed by atoms with Crippen molar-refractivity contribution >= 4 is 23.7 Å². The molecule has 138 valence electrons. The molecule has 0 aromatic rings. The van der Waals surface area contributed by atoms with Gasteiger partial charge < -0.3 is 20.7 Å². The van der Waals surface area contributed by atoms with Gasteiger partial charge in [-0.2, -0.15) is 11.8 Å². The molecule has 0 spiro atoms. The van der Waals surface area contributed by atoms with Crippen LogP contribution in [0.2, 0.25) is 0 Å². The van der Waals surface area contributed by atoms with Gasteiger partial charge in [-0.05, 0) is 24.7 Å². The standard InChI is InChI=1S/C17H31N3O3S/c1-17(2,3)6-4-8-23-9-5-7-18-14(21)10-13-15-12(11-24-13)19-16(22)20-15/h12-13,15H,4-11H2,1-3H3,(H,18,21)(H2,19,20,22)/t12-,13-,15-/m1/s1. The second-order valence-corrected chi connectivity index (χ2v) is 9.08. The van der Waals surface area contributed by atoms with Crippen LogP contribution in [0.3, 0.4) is 0 Å². The minimum Gasteiger partial charge on any atom is -0.381 e. The Labute approximate surface area is 149 Å². The summed E-state index contributed by atoms with van der Waals surface area (Å²) in [5.74, 6) is 0.936. The van der Waals surface area contributed by atoms with Gasteiger partial charge in [0.15, 0.2) is 0 Å². The number of nitrogens with one attached hydrogen (secondary N) is 3. The summed E-state index contributed by atoms with van der Waals surface area (Å²) in [5.41, 5.74) is 0.364. The minimum atomic E-state index is -0.112. The first-order chi connectivity index (χ1) is 11.3. The topological polar surface area (TPSA) is 79.5 Å². The molecule has 3 N–H and O–H groups in total. The zero-order valence-electron chi connectivity index (χ0n) is 15.0. The van der Waals surface area contributed by atoms with Crippen molar-refractivity contribution < 1.29 is 14.3 Å². The van der Waals surface area contributed by atoms with Gasteiger partial charge in [0.05, 0.1) is 12.1 Å². The summed E-state index contributed by atoms with van der Waals surface area (Å²) in [7, 11) is 0. The van der Waals surface area contributed by atoms with E-state index in [4.69, 9.17) is 4.74 Å². The maximum Gasteiger partial charge on any atom is 0.315 e. The largest absolute Gasteiger partial charge is 0.381 e. The first kappa shape index (κ1) is 19.4. The quantitative estimate of drug-likeness (QED) is 0.435. The van der Waals surface area contributed by atoms with Crippen LogP contribution in [0.4, 0.5) is 4.79 Å². The molecular formula is C17H31N3O3S. The molecule has 6 nitrogen and oxygen atoms in total.